The van der Waals surface area contributed by atoms with Gasteiger partial charge in [0.15, 0.2) is 16.4 Å². The minimum atomic E-state index is -3.28. The lowest BCUT2D eigenvalue weighted by Crippen LogP contribution is -2.42. The molecule has 128 valence electrons. The fourth-order valence-corrected chi connectivity index (χ4v) is 3.88. The van der Waals surface area contributed by atoms with Crippen LogP contribution in [0.2, 0.25) is 0 Å². The lowest BCUT2D eigenvalue weighted by Gasteiger charge is -2.27. The molecule has 1 fully saturated rings. The van der Waals surface area contributed by atoms with Gasteiger partial charge in [-0.3, -0.25) is 9.59 Å². The van der Waals surface area contributed by atoms with E-state index in [0.717, 1.165) is 23.8 Å². The van der Waals surface area contributed by atoms with Gasteiger partial charge in [0.25, 0.3) is 5.91 Å². The third-order valence-corrected chi connectivity index (χ3v) is 5.45. The normalized spacial score (nSPS) is 21.4. The summed E-state index contributed by atoms with van der Waals surface area (Å²) in [6.07, 6.45) is 3.13. The van der Waals surface area contributed by atoms with E-state index in [2.05, 4.69) is 0 Å². The minimum absolute atomic E-state index is 0.0767. The second kappa shape index (κ2) is 6.76. The van der Waals surface area contributed by atoms with Gasteiger partial charge in [0.2, 0.25) is 0 Å². The summed E-state index contributed by atoms with van der Waals surface area (Å²) in [4.78, 5) is 25.6. The van der Waals surface area contributed by atoms with Gasteiger partial charge < -0.3 is 9.64 Å². The fraction of sp³-hybridized carbons (Fsp3) is 0.412. The van der Waals surface area contributed by atoms with Crippen LogP contribution in [0.5, 0.6) is 0 Å². The molecule has 0 N–H and O–H groups in total. The molecule has 1 saturated carbocycles. The molecule has 7 heteroatoms. The third kappa shape index (κ3) is 4.23. The number of carbonyl (C=O) groups excluding carboxylic acids is 2. The molecule has 0 saturated heterocycles. The first-order valence-electron chi connectivity index (χ1n) is 7.85. The van der Waals surface area contributed by atoms with Crippen molar-refractivity contribution in [1.82, 2.24) is 4.90 Å². The Morgan fingerprint density at radius 3 is 2.46 bits per heavy atom. The number of ether oxygens (including phenoxy) is 1. The number of hydrogen-bond donors (Lipinski definition) is 0. The molecule has 24 heavy (non-hydrogen) atoms. The first kappa shape index (κ1) is 16.7. The average Bonchev–Trinajstić information content (AvgIpc) is 3.35. The van der Waals surface area contributed by atoms with Crippen LogP contribution < -0.4 is 0 Å². The molecular weight excluding hydrogens is 330 g/mol. The Labute approximate surface area is 141 Å². The van der Waals surface area contributed by atoms with Crippen molar-refractivity contribution in [3.05, 3.63) is 47.4 Å². The first-order valence-corrected chi connectivity index (χ1v) is 9.57. The fourth-order valence-electron chi connectivity index (χ4n) is 2.58. The molecule has 0 spiro atoms. The molecule has 1 aliphatic carbocycles. The van der Waals surface area contributed by atoms with E-state index in [9.17, 15) is 18.0 Å². The van der Waals surface area contributed by atoms with Crippen LogP contribution in [-0.2, 0) is 30.7 Å². The van der Waals surface area contributed by atoms with Gasteiger partial charge >= 0.3 is 5.97 Å². The van der Waals surface area contributed by atoms with Crippen LogP contribution in [0.3, 0.4) is 0 Å². The molecule has 1 heterocycles. The molecule has 1 aromatic carbocycles. The zero-order chi connectivity index (χ0) is 17.2. The van der Waals surface area contributed by atoms with Crippen LogP contribution in [0.15, 0.2) is 41.8 Å². The maximum Gasteiger partial charge on any atom is 0.309 e. The van der Waals surface area contributed by atoms with Crippen molar-refractivity contribution in [3.63, 3.8) is 0 Å². The second-order valence-electron chi connectivity index (χ2n) is 6.11. The van der Waals surface area contributed by atoms with Gasteiger partial charge in [-0.25, -0.2) is 8.42 Å². The van der Waals surface area contributed by atoms with Crippen molar-refractivity contribution >= 4 is 21.7 Å². The lowest BCUT2D eigenvalue weighted by atomic mass is 10.2. The Balaban J connectivity index is 1.70. The number of esters is 1. The molecule has 0 bridgehead atoms. The summed E-state index contributed by atoms with van der Waals surface area (Å²) < 4.78 is 28.4. The van der Waals surface area contributed by atoms with Gasteiger partial charge in [-0.1, -0.05) is 30.3 Å². The summed E-state index contributed by atoms with van der Waals surface area (Å²) in [5, 5.41) is 1.14. The molecular formula is C17H19NO5S. The number of amides is 1. The Hall–Kier alpha value is -2.15. The SMILES string of the molecule is O=C(OCC(=O)N(Cc1ccccc1)[C@H]1C=CS(=O)(=O)C1)C1CC1. The quantitative estimate of drug-likeness (QED) is 0.723. The molecule has 1 atom stereocenters. The van der Waals surface area contributed by atoms with Crippen molar-refractivity contribution in [2.45, 2.75) is 25.4 Å². The first-order chi connectivity index (χ1) is 11.4. The number of nitrogens with zero attached hydrogens (tertiary/aromatic N) is 1. The Kier molecular flexibility index (Phi) is 4.71. The summed E-state index contributed by atoms with van der Waals surface area (Å²) in [5.74, 6) is -0.952. The van der Waals surface area contributed by atoms with Crippen molar-refractivity contribution < 1.29 is 22.7 Å². The van der Waals surface area contributed by atoms with Crippen LogP contribution in [-0.4, -0.2) is 43.6 Å². The molecule has 1 aliphatic heterocycles. The highest BCUT2D eigenvalue weighted by Gasteiger charge is 2.34. The highest BCUT2D eigenvalue weighted by molar-refractivity contribution is 7.94. The maximum atomic E-state index is 12.5. The molecule has 1 amide bonds. The largest absolute Gasteiger partial charge is 0.455 e. The number of rotatable bonds is 6. The van der Waals surface area contributed by atoms with E-state index in [1.807, 2.05) is 30.3 Å². The minimum Gasteiger partial charge on any atom is -0.455 e. The monoisotopic (exact) mass is 349 g/mol. The molecule has 6 nitrogen and oxygen atoms in total. The van der Waals surface area contributed by atoms with Gasteiger partial charge in [0.1, 0.15) is 0 Å². The van der Waals surface area contributed by atoms with Gasteiger partial charge in [0, 0.05) is 12.0 Å². The average molecular weight is 349 g/mol. The summed E-state index contributed by atoms with van der Waals surface area (Å²) in [6.45, 7) is -0.0856. The number of sulfone groups is 1. The van der Waals surface area contributed by atoms with E-state index >= 15 is 0 Å². The van der Waals surface area contributed by atoms with E-state index in [1.165, 1.54) is 11.0 Å². The zero-order valence-corrected chi connectivity index (χ0v) is 13.9. The Morgan fingerprint density at radius 1 is 1.17 bits per heavy atom. The standard InChI is InChI=1S/C17H19NO5S/c19-16(11-23-17(20)14-6-7-14)18(10-13-4-2-1-3-5-13)15-8-9-24(21,22)12-15/h1-5,8-9,14-15H,6-7,10-12H2/t15-/m0/s1. The highest BCUT2D eigenvalue weighted by atomic mass is 32.2. The number of benzene rings is 1. The number of hydrogen-bond acceptors (Lipinski definition) is 5. The van der Waals surface area contributed by atoms with Crippen molar-refractivity contribution in [3.8, 4) is 0 Å². The topological polar surface area (TPSA) is 80.8 Å². The summed E-state index contributed by atoms with van der Waals surface area (Å²) >= 11 is 0. The highest BCUT2D eigenvalue weighted by Crippen LogP contribution is 2.30. The summed E-state index contributed by atoms with van der Waals surface area (Å²) in [6, 6.07) is 8.77. The summed E-state index contributed by atoms with van der Waals surface area (Å²) in [7, 11) is -3.28. The summed E-state index contributed by atoms with van der Waals surface area (Å²) in [5.41, 5.74) is 0.886. The van der Waals surface area contributed by atoms with Crippen LogP contribution in [0, 0.1) is 5.92 Å². The predicted octanol–water partition coefficient (Wildman–Crippen LogP) is 1.28. The van der Waals surface area contributed by atoms with Crippen LogP contribution >= 0.6 is 0 Å². The smallest absolute Gasteiger partial charge is 0.309 e. The van der Waals surface area contributed by atoms with E-state index in [1.54, 1.807) is 0 Å². The van der Waals surface area contributed by atoms with Gasteiger partial charge in [-0.2, -0.15) is 0 Å². The molecule has 0 unspecified atom stereocenters. The van der Waals surface area contributed by atoms with E-state index in [-0.39, 0.29) is 36.7 Å². The van der Waals surface area contributed by atoms with E-state index < -0.39 is 15.9 Å². The van der Waals surface area contributed by atoms with E-state index in [4.69, 9.17) is 4.74 Å². The number of carbonyl (C=O) groups is 2. The van der Waals surface area contributed by atoms with Crippen LogP contribution in [0.1, 0.15) is 18.4 Å². The zero-order valence-electron chi connectivity index (χ0n) is 13.1. The van der Waals surface area contributed by atoms with Crippen molar-refractivity contribution in [1.29, 1.82) is 0 Å². The second-order valence-corrected chi connectivity index (χ2v) is 8.05. The molecule has 2 aliphatic rings. The predicted molar refractivity (Wildman–Crippen MR) is 87.4 cm³/mol. The Morgan fingerprint density at radius 2 is 1.88 bits per heavy atom. The third-order valence-electron chi connectivity index (χ3n) is 4.08. The van der Waals surface area contributed by atoms with Gasteiger partial charge in [0.05, 0.1) is 17.7 Å². The van der Waals surface area contributed by atoms with Gasteiger partial charge in [-0.15, -0.1) is 0 Å². The van der Waals surface area contributed by atoms with E-state index in [0.29, 0.717) is 0 Å². The van der Waals surface area contributed by atoms with Crippen molar-refractivity contribution in [2.24, 2.45) is 5.92 Å². The molecule has 1 aromatic rings. The van der Waals surface area contributed by atoms with Crippen molar-refractivity contribution in [2.75, 3.05) is 12.4 Å². The molecule has 0 radical (unpaired) electrons. The molecule has 3 rings (SSSR count). The van der Waals surface area contributed by atoms with Gasteiger partial charge in [-0.05, 0) is 24.5 Å². The molecule has 0 aromatic heterocycles. The lowest BCUT2D eigenvalue weighted by molar-refractivity contribution is -0.153. The maximum absolute atomic E-state index is 12.5. The Bertz CT molecular complexity index is 752. The van der Waals surface area contributed by atoms with Crippen LogP contribution in [0.25, 0.3) is 0 Å². The van der Waals surface area contributed by atoms with Crippen LogP contribution in [0.4, 0.5) is 0 Å².